The number of rotatable bonds is 4. The van der Waals surface area contributed by atoms with Crippen LogP contribution < -0.4 is 5.73 Å². The zero-order chi connectivity index (χ0) is 17.4. The van der Waals surface area contributed by atoms with Crippen molar-refractivity contribution in [3.05, 3.63) is 35.9 Å². The summed E-state index contributed by atoms with van der Waals surface area (Å²) in [5.41, 5.74) is 6.52. The second-order valence-corrected chi connectivity index (χ2v) is 7.12. The lowest BCUT2D eigenvalue weighted by Gasteiger charge is -2.39. The second-order valence-electron chi connectivity index (χ2n) is 7.12. The van der Waals surface area contributed by atoms with Gasteiger partial charge < -0.3 is 10.6 Å². The predicted octanol–water partition coefficient (Wildman–Crippen LogP) is 3.14. The van der Waals surface area contributed by atoms with Gasteiger partial charge in [-0.1, -0.05) is 30.3 Å². The first kappa shape index (κ1) is 17.3. The molecule has 3 nitrogen and oxygen atoms in total. The van der Waals surface area contributed by atoms with Gasteiger partial charge in [0.05, 0.1) is 5.92 Å². The average Bonchev–Trinajstić information content (AvgIpc) is 3.33. The maximum atomic E-state index is 12.9. The minimum atomic E-state index is -4.28. The summed E-state index contributed by atoms with van der Waals surface area (Å²) in [6, 6.07) is 8.94. The smallest absolute Gasteiger partial charge is 0.341 e. The van der Waals surface area contributed by atoms with E-state index in [9.17, 15) is 18.0 Å². The van der Waals surface area contributed by atoms with Crippen LogP contribution in [-0.2, 0) is 11.2 Å². The fourth-order valence-corrected chi connectivity index (χ4v) is 3.66. The molecule has 1 aromatic carbocycles. The van der Waals surface area contributed by atoms with Gasteiger partial charge in [-0.15, -0.1) is 0 Å². The van der Waals surface area contributed by atoms with Gasteiger partial charge in [0.15, 0.2) is 0 Å². The molecule has 6 heteroatoms. The Labute approximate surface area is 140 Å². The molecule has 1 saturated carbocycles. The molecule has 1 aliphatic heterocycles. The van der Waals surface area contributed by atoms with E-state index in [0.29, 0.717) is 0 Å². The monoisotopic (exact) mass is 340 g/mol. The van der Waals surface area contributed by atoms with E-state index in [1.165, 1.54) is 5.56 Å². The molecule has 2 unspecified atom stereocenters. The highest BCUT2D eigenvalue weighted by Crippen LogP contribution is 2.51. The molecular formula is C18H23F3N2O. The molecule has 0 aromatic heterocycles. The molecular weight excluding hydrogens is 317 g/mol. The molecule has 0 spiro atoms. The molecule has 1 heterocycles. The van der Waals surface area contributed by atoms with Gasteiger partial charge in [0, 0.05) is 24.5 Å². The van der Waals surface area contributed by atoms with Crippen molar-refractivity contribution in [2.24, 2.45) is 17.1 Å². The van der Waals surface area contributed by atoms with Crippen molar-refractivity contribution < 1.29 is 18.0 Å². The van der Waals surface area contributed by atoms with Gasteiger partial charge in [-0.3, -0.25) is 4.79 Å². The molecule has 1 aromatic rings. The highest BCUT2D eigenvalue weighted by atomic mass is 19.4. The van der Waals surface area contributed by atoms with Crippen LogP contribution in [-0.4, -0.2) is 36.1 Å². The van der Waals surface area contributed by atoms with Crippen LogP contribution in [0.15, 0.2) is 30.3 Å². The third-order valence-corrected chi connectivity index (χ3v) is 5.41. The largest absolute Gasteiger partial charge is 0.393 e. The number of nitrogens with two attached hydrogens (primary N) is 1. The first-order valence-electron chi connectivity index (χ1n) is 8.47. The molecule has 2 N–H and O–H groups in total. The number of alkyl halides is 3. The lowest BCUT2D eigenvalue weighted by Crippen LogP contribution is -2.55. The van der Waals surface area contributed by atoms with Crippen LogP contribution in [0.1, 0.15) is 31.2 Å². The zero-order valence-corrected chi connectivity index (χ0v) is 13.6. The fourth-order valence-electron chi connectivity index (χ4n) is 3.66. The van der Waals surface area contributed by atoms with Crippen molar-refractivity contribution in [1.29, 1.82) is 0 Å². The summed E-state index contributed by atoms with van der Waals surface area (Å²) in [5, 5.41) is 0. The Hall–Kier alpha value is -1.56. The van der Waals surface area contributed by atoms with Crippen molar-refractivity contribution >= 4 is 5.91 Å². The van der Waals surface area contributed by atoms with E-state index in [0.717, 1.165) is 25.7 Å². The van der Waals surface area contributed by atoms with E-state index in [1.807, 2.05) is 30.3 Å². The number of carbonyl (C=O) groups excluding carboxylic acids is 1. The third-order valence-electron chi connectivity index (χ3n) is 5.41. The van der Waals surface area contributed by atoms with Crippen LogP contribution in [0.2, 0.25) is 0 Å². The van der Waals surface area contributed by atoms with Crippen molar-refractivity contribution in [1.82, 2.24) is 4.90 Å². The van der Waals surface area contributed by atoms with Crippen LogP contribution in [0, 0.1) is 11.3 Å². The quantitative estimate of drug-likeness (QED) is 0.915. The lowest BCUT2D eigenvalue weighted by atomic mass is 9.89. The summed E-state index contributed by atoms with van der Waals surface area (Å²) in [4.78, 5) is 14.4. The van der Waals surface area contributed by atoms with E-state index in [2.05, 4.69) is 0 Å². The number of carbonyl (C=O) groups is 1. The summed E-state index contributed by atoms with van der Waals surface area (Å²) >= 11 is 0. The number of aryl methyl sites for hydroxylation is 1. The molecule has 1 saturated heterocycles. The van der Waals surface area contributed by atoms with Gasteiger partial charge in [0.25, 0.3) is 0 Å². The van der Waals surface area contributed by atoms with Gasteiger partial charge in [0.2, 0.25) is 5.91 Å². The first-order chi connectivity index (χ1) is 11.3. The van der Waals surface area contributed by atoms with Gasteiger partial charge in [0.1, 0.15) is 0 Å². The van der Waals surface area contributed by atoms with Crippen molar-refractivity contribution in [2.75, 3.05) is 13.1 Å². The Morgan fingerprint density at radius 3 is 2.46 bits per heavy atom. The molecule has 2 aliphatic rings. The molecule has 3 rings (SSSR count). The molecule has 2 atom stereocenters. The number of halogens is 3. The van der Waals surface area contributed by atoms with Crippen LogP contribution in [0.3, 0.4) is 0 Å². The minimum absolute atomic E-state index is 0.00509. The highest BCUT2D eigenvalue weighted by molar-refractivity contribution is 5.85. The number of hydrogen-bond acceptors (Lipinski definition) is 2. The number of hydrogen-bond donors (Lipinski definition) is 1. The molecule has 132 valence electrons. The first-order valence-corrected chi connectivity index (χ1v) is 8.47. The van der Waals surface area contributed by atoms with Crippen molar-refractivity contribution in [3.63, 3.8) is 0 Å². The Kier molecular flexibility index (Phi) is 4.60. The van der Waals surface area contributed by atoms with Crippen LogP contribution in [0.5, 0.6) is 0 Å². The maximum Gasteiger partial charge on any atom is 0.393 e. The number of likely N-dealkylation sites (tertiary alicyclic amines) is 1. The van der Waals surface area contributed by atoms with Crippen molar-refractivity contribution in [2.45, 2.75) is 44.3 Å². The molecule has 0 radical (unpaired) electrons. The highest BCUT2D eigenvalue weighted by Gasteiger charge is 2.53. The lowest BCUT2D eigenvalue weighted by molar-refractivity contribution is -0.191. The number of benzene rings is 1. The third kappa shape index (κ3) is 3.58. The van der Waals surface area contributed by atoms with Crippen molar-refractivity contribution in [3.8, 4) is 0 Å². The van der Waals surface area contributed by atoms with Gasteiger partial charge in [-0.25, -0.2) is 0 Å². The Morgan fingerprint density at radius 1 is 1.25 bits per heavy atom. The second kappa shape index (κ2) is 6.39. The SMILES string of the molecule is NC1CN(C(=O)C2(CCc3ccccc3)CC2)CCC1C(F)(F)F. The molecule has 1 aliphatic carbocycles. The van der Waals surface area contributed by atoms with Crippen LogP contribution in [0.4, 0.5) is 13.2 Å². The molecule has 0 bridgehead atoms. The van der Waals surface area contributed by atoms with E-state index in [-0.39, 0.29) is 30.8 Å². The molecule has 24 heavy (non-hydrogen) atoms. The molecule has 2 fully saturated rings. The van der Waals surface area contributed by atoms with E-state index in [4.69, 9.17) is 5.73 Å². The van der Waals surface area contributed by atoms with Crippen LogP contribution >= 0.6 is 0 Å². The topological polar surface area (TPSA) is 46.3 Å². The van der Waals surface area contributed by atoms with E-state index >= 15 is 0 Å². The standard InChI is InChI=1S/C18H23F3N2O/c19-18(20,21)14-7-11-23(12-15(14)22)16(24)17(9-10-17)8-6-13-4-2-1-3-5-13/h1-5,14-15H,6-12,22H2. The number of piperidine rings is 1. The maximum absolute atomic E-state index is 12.9. The summed E-state index contributed by atoms with van der Waals surface area (Å²) in [6.45, 7) is 0.167. The van der Waals surface area contributed by atoms with E-state index in [1.54, 1.807) is 4.90 Å². The Bertz CT molecular complexity index is 584. The average molecular weight is 340 g/mol. The minimum Gasteiger partial charge on any atom is -0.341 e. The summed E-state index contributed by atoms with van der Waals surface area (Å²) in [5.74, 6) is -1.50. The van der Waals surface area contributed by atoms with Crippen LogP contribution in [0.25, 0.3) is 0 Å². The Morgan fingerprint density at radius 2 is 1.92 bits per heavy atom. The summed E-state index contributed by atoms with van der Waals surface area (Å²) < 4.78 is 38.7. The number of nitrogens with zero attached hydrogens (tertiary/aromatic N) is 1. The van der Waals surface area contributed by atoms with Gasteiger partial charge in [-0.2, -0.15) is 13.2 Å². The van der Waals surface area contributed by atoms with E-state index < -0.39 is 18.1 Å². The van der Waals surface area contributed by atoms with Gasteiger partial charge in [-0.05, 0) is 37.7 Å². The van der Waals surface area contributed by atoms with Gasteiger partial charge >= 0.3 is 6.18 Å². The Balaban J connectivity index is 1.58. The molecule has 1 amide bonds. The number of amides is 1. The fraction of sp³-hybridized carbons (Fsp3) is 0.611. The summed E-state index contributed by atoms with van der Waals surface area (Å²) in [6.07, 6.45) is -1.15. The zero-order valence-electron chi connectivity index (χ0n) is 13.6. The summed E-state index contributed by atoms with van der Waals surface area (Å²) in [7, 11) is 0. The normalized spacial score (nSPS) is 26.2. The predicted molar refractivity (Wildman–Crippen MR) is 85.1 cm³/mol.